The minimum Gasteiger partial charge on any atom is -0.322 e. The van der Waals surface area contributed by atoms with Gasteiger partial charge in [-0.05, 0) is 94.7 Å². The SMILES string of the molecule is Cc1cccc(C(=O)Nc2ccc3c(c2)CC(NS(=O)(=O)c2ccccc2)C3)c1-c1ccsc1. The van der Waals surface area contributed by atoms with Gasteiger partial charge in [-0.2, -0.15) is 11.3 Å². The number of amides is 1. The van der Waals surface area contributed by atoms with Crippen LogP contribution in [0.1, 0.15) is 27.0 Å². The molecule has 1 heterocycles. The zero-order chi connectivity index (χ0) is 23.7. The summed E-state index contributed by atoms with van der Waals surface area (Å²) in [6.45, 7) is 2.01. The van der Waals surface area contributed by atoms with E-state index < -0.39 is 10.0 Å². The summed E-state index contributed by atoms with van der Waals surface area (Å²) in [5, 5.41) is 7.09. The lowest BCUT2D eigenvalue weighted by molar-refractivity contribution is 0.102. The maximum atomic E-state index is 13.2. The molecule has 1 atom stereocenters. The predicted octanol–water partition coefficient (Wildman–Crippen LogP) is 5.42. The number of nitrogens with one attached hydrogen (secondary N) is 2. The first-order valence-corrected chi connectivity index (χ1v) is 13.5. The molecule has 0 bridgehead atoms. The van der Waals surface area contributed by atoms with Crippen molar-refractivity contribution in [2.75, 3.05) is 5.32 Å². The Morgan fingerprint density at radius 2 is 1.74 bits per heavy atom. The first-order valence-electron chi connectivity index (χ1n) is 11.0. The van der Waals surface area contributed by atoms with Crippen molar-refractivity contribution in [3.8, 4) is 11.1 Å². The fraction of sp³-hybridized carbons (Fsp3) is 0.148. The minimum atomic E-state index is -3.58. The van der Waals surface area contributed by atoms with Crippen LogP contribution in [0.15, 0.2) is 88.5 Å². The quantitative estimate of drug-likeness (QED) is 0.380. The standard InChI is InChI=1S/C27H24N2O3S2/c1-18-6-5-9-25(26(18)20-12-13-33-17-20)27(30)28-22-11-10-19-14-23(16-21(19)15-22)29-34(31,32)24-7-3-2-4-8-24/h2-13,15,17,23,29H,14,16H2,1H3,(H,28,30). The lowest BCUT2D eigenvalue weighted by Gasteiger charge is -2.13. The van der Waals surface area contributed by atoms with Crippen LogP contribution >= 0.6 is 11.3 Å². The second-order valence-corrected chi connectivity index (χ2v) is 11.0. The number of carbonyl (C=O) groups is 1. The summed E-state index contributed by atoms with van der Waals surface area (Å²) in [6, 6.07) is 21.8. The van der Waals surface area contributed by atoms with Crippen LogP contribution in [0.5, 0.6) is 0 Å². The van der Waals surface area contributed by atoms with Gasteiger partial charge in [0.1, 0.15) is 0 Å². The largest absolute Gasteiger partial charge is 0.322 e. The van der Waals surface area contributed by atoms with Crippen LogP contribution in [0, 0.1) is 6.92 Å². The molecular formula is C27H24N2O3S2. The number of hydrogen-bond donors (Lipinski definition) is 2. The molecule has 5 rings (SSSR count). The monoisotopic (exact) mass is 488 g/mol. The fourth-order valence-corrected chi connectivity index (χ4v) is 6.42. The van der Waals surface area contributed by atoms with Crippen LogP contribution in [0.4, 0.5) is 5.69 Å². The molecule has 1 unspecified atom stereocenters. The van der Waals surface area contributed by atoms with Gasteiger partial charge in [-0.25, -0.2) is 13.1 Å². The average Bonchev–Trinajstić information content (AvgIpc) is 3.48. The number of anilines is 1. The number of benzene rings is 3. The van der Waals surface area contributed by atoms with Gasteiger partial charge in [0.15, 0.2) is 0 Å². The molecule has 0 fully saturated rings. The van der Waals surface area contributed by atoms with Gasteiger partial charge in [0.2, 0.25) is 10.0 Å². The zero-order valence-electron chi connectivity index (χ0n) is 18.6. The van der Waals surface area contributed by atoms with Crippen molar-refractivity contribution in [2.45, 2.75) is 30.7 Å². The summed E-state index contributed by atoms with van der Waals surface area (Å²) in [7, 11) is -3.58. The molecule has 0 aliphatic heterocycles. The highest BCUT2D eigenvalue weighted by Gasteiger charge is 2.27. The van der Waals surface area contributed by atoms with E-state index in [0.29, 0.717) is 24.1 Å². The van der Waals surface area contributed by atoms with E-state index in [9.17, 15) is 13.2 Å². The second kappa shape index (κ2) is 9.18. The van der Waals surface area contributed by atoms with Crippen LogP contribution in [-0.2, 0) is 22.9 Å². The summed E-state index contributed by atoms with van der Waals surface area (Å²) in [4.78, 5) is 13.5. The second-order valence-electron chi connectivity index (χ2n) is 8.49. The van der Waals surface area contributed by atoms with Gasteiger partial charge in [0.25, 0.3) is 5.91 Å². The summed E-state index contributed by atoms with van der Waals surface area (Å²) in [6.07, 6.45) is 1.20. The number of thiophene rings is 1. The number of hydrogen-bond acceptors (Lipinski definition) is 4. The molecular weight excluding hydrogens is 464 g/mol. The fourth-order valence-electron chi connectivity index (χ4n) is 4.51. The number of carbonyl (C=O) groups excluding carboxylic acids is 1. The Balaban J connectivity index is 1.32. The van der Waals surface area contributed by atoms with Crippen molar-refractivity contribution in [1.29, 1.82) is 0 Å². The van der Waals surface area contributed by atoms with E-state index in [1.54, 1.807) is 41.7 Å². The van der Waals surface area contributed by atoms with Gasteiger partial charge in [-0.3, -0.25) is 4.79 Å². The van der Waals surface area contributed by atoms with E-state index in [1.165, 1.54) is 0 Å². The highest BCUT2D eigenvalue weighted by Crippen LogP contribution is 2.31. The predicted molar refractivity (Wildman–Crippen MR) is 137 cm³/mol. The number of sulfonamides is 1. The van der Waals surface area contributed by atoms with Crippen molar-refractivity contribution in [3.05, 3.63) is 106 Å². The molecule has 172 valence electrons. The molecule has 0 spiro atoms. The van der Waals surface area contributed by atoms with E-state index in [-0.39, 0.29) is 16.8 Å². The smallest absolute Gasteiger partial charge is 0.256 e. The van der Waals surface area contributed by atoms with Crippen molar-refractivity contribution in [1.82, 2.24) is 4.72 Å². The lowest BCUT2D eigenvalue weighted by atomic mass is 9.96. The number of fused-ring (bicyclic) bond motifs is 1. The Kier molecular flexibility index (Phi) is 6.08. The van der Waals surface area contributed by atoms with Gasteiger partial charge in [-0.1, -0.05) is 36.4 Å². The highest BCUT2D eigenvalue weighted by atomic mass is 32.2. The van der Waals surface area contributed by atoms with Crippen molar-refractivity contribution in [3.63, 3.8) is 0 Å². The van der Waals surface area contributed by atoms with E-state index in [2.05, 4.69) is 10.0 Å². The Labute approximate surface area is 203 Å². The minimum absolute atomic E-state index is 0.163. The van der Waals surface area contributed by atoms with E-state index >= 15 is 0 Å². The third kappa shape index (κ3) is 4.55. The number of rotatable bonds is 6. The molecule has 1 amide bonds. The van der Waals surface area contributed by atoms with Crippen LogP contribution in [-0.4, -0.2) is 20.4 Å². The Morgan fingerprint density at radius 1 is 0.941 bits per heavy atom. The molecule has 2 N–H and O–H groups in total. The summed E-state index contributed by atoms with van der Waals surface area (Å²) in [5.74, 6) is -0.163. The molecule has 7 heteroatoms. The van der Waals surface area contributed by atoms with Gasteiger partial charge in [-0.15, -0.1) is 0 Å². The normalized spacial score (nSPS) is 15.1. The zero-order valence-corrected chi connectivity index (χ0v) is 20.2. The molecule has 0 saturated heterocycles. The molecule has 34 heavy (non-hydrogen) atoms. The Morgan fingerprint density at radius 3 is 2.50 bits per heavy atom. The van der Waals surface area contributed by atoms with Gasteiger partial charge >= 0.3 is 0 Å². The molecule has 1 aliphatic rings. The maximum Gasteiger partial charge on any atom is 0.256 e. The van der Waals surface area contributed by atoms with Crippen LogP contribution in [0.2, 0.25) is 0 Å². The third-order valence-corrected chi connectivity index (χ3v) is 8.32. The van der Waals surface area contributed by atoms with Crippen LogP contribution in [0.3, 0.4) is 0 Å². The summed E-state index contributed by atoms with van der Waals surface area (Å²) >= 11 is 1.60. The van der Waals surface area contributed by atoms with Crippen LogP contribution < -0.4 is 10.0 Å². The van der Waals surface area contributed by atoms with Gasteiger partial charge in [0, 0.05) is 17.3 Å². The Hall–Kier alpha value is -3.26. The molecule has 0 saturated carbocycles. The number of aryl methyl sites for hydroxylation is 1. The van der Waals surface area contributed by atoms with E-state index in [1.807, 2.05) is 60.1 Å². The summed E-state index contributed by atoms with van der Waals surface area (Å²) in [5.41, 5.74) is 6.50. The maximum absolute atomic E-state index is 13.2. The molecule has 1 aromatic heterocycles. The first kappa shape index (κ1) is 22.5. The van der Waals surface area contributed by atoms with Crippen molar-refractivity contribution in [2.24, 2.45) is 0 Å². The van der Waals surface area contributed by atoms with Crippen LogP contribution in [0.25, 0.3) is 11.1 Å². The molecule has 4 aromatic rings. The van der Waals surface area contributed by atoms with Gasteiger partial charge < -0.3 is 5.32 Å². The van der Waals surface area contributed by atoms with E-state index in [4.69, 9.17) is 0 Å². The highest BCUT2D eigenvalue weighted by molar-refractivity contribution is 7.89. The Bertz CT molecular complexity index is 1450. The average molecular weight is 489 g/mol. The van der Waals surface area contributed by atoms with E-state index in [0.717, 1.165) is 27.8 Å². The molecule has 1 aliphatic carbocycles. The van der Waals surface area contributed by atoms with Crippen molar-refractivity contribution < 1.29 is 13.2 Å². The molecule has 0 radical (unpaired) electrons. The van der Waals surface area contributed by atoms with Crippen molar-refractivity contribution >= 4 is 33.0 Å². The third-order valence-electron chi connectivity index (χ3n) is 6.10. The lowest BCUT2D eigenvalue weighted by Crippen LogP contribution is -2.35. The molecule has 5 nitrogen and oxygen atoms in total. The summed E-state index contributed by atoms with van der Waals surface area (Å²) < 4.78 is 28.2. The molecule has 3 aromatic carbocycles. The van der Waals surface area contributed by atoms with Gasteiger partial charge in [0.05, 0.1) is 4.90 Å². The topological polar surface area (TPSA) is 75.3 Å². The first-order chi connectivity index (χ1) is 16.4.